The molecule has 1 aromatic heterocycles. The van der Waals surface area contributed by atoms with Crippen LogP contribution in [0.3, 0.4) is 0 Å². The Bertz CT molecular complexity index is 659. The predicted octanol–water partition coefficient (Wildman–Crippen LogP) is 2.14. The van der Waals surface area contributed by atoms with E-state index < -0.39 is 17.9 Å². The molecule has 0 radical (unpaired) electrons. The van der Waals surface area contributed by atoms with E-state index in [2.05, 4.69) is 15.3 Å². The third kappa shape index (κ3) is 3.74. The van der Waals surface area contributed by atoms with Crippen LogP contribution >= 0.6 is 23.2 Å². The molecule has 0 spiro atoms. The zero-order valence-corrected chi connectivity index (χ0v) is 12.1. The van der Waals surface area contributed by atoms with Gasteiger partial charge in [0.1, 0.15) is 6.04 Å². The fourth-order valence-electron chi connectivity index (χ4n) is 1.73. The van der Waals surface area contributed by atoms with Gasteiger partial charge in [-0.25, -0.2) is 9.78 Å². The number of aromatic nitrogens is 2. The number of nitrogens with one attached hydrogen (secondary N) is 2. The number of carbonyl (C=O) groups is 2. The Hall–Kier alpha value is -2.05. The highest BCUT2D eigenvalue weighted by molar-refractivity contribution is 6.43. The average Bonchev–Trinajstić information content (AvgIpc) is 2.93. The minimum Gasteiger partial charge on any atom is -0.480 e. The SMILES string of the molecule is O=C(N[C@H](Cc1cnc[nH]1)C(=O)O)c1cccc(Cl)c1Cl. The van der Waals surface area contributed by atoms with Crippen molar-refractivity contribution in [1.82, 2.24) is 15.3 Å². The van der Waals surface area contributed by atoms with E-state index in [0.717, 1.165) is 0 Å². The molecule has 21 heavy (non-hydrogen) atoms. The van der Waals surface area contributed by atoms with Gasteiger partial charge < -0.3 is 15.4 Å². The number of aromatic amines is 1. The fraction of sp³-hybridized carbons (Fsp3) is 0.154. The van der Waals surface area contributed by atoms with E-state index in [1.807, 2.05) is 0 Å². The lowest BCUT2D eigenvalue weighted by atomic mass is 10.1. The van der Waals surface area contributed by atoms with Crippen molar-refractivity contribution < 1.29 is 14.7 Å². The molecule has 0 unspecified atom stereocenters. The van der Waals surface area contributed by atoms with Crippen molar-refractivity contribution in [3.63, 3.8) is 0 Å². The van der Waals surface area contributed by atoms with Gasteiger partial charge in [-0.3, -0.25) is 4.79 Å². The molecule has 2 rings (SSSR count). The molecule has 0 saturated heterocycles. The highest BCUT2D eigenvalue weighted by Crippen LogP contribution is 2.25. The van der Waals surface area contributed by atoms with E-state index in [9.17, 15) is 14.7 Å². The number of benzene rings is 1. The van der Waals surface area contributed by atoms with Crippen molar-refractivity contribution in [1.29, 1.82) is 0 Å². The summed E-state index contributed by atoms with van der Waals surface area (Å²) < 4.78 is 0. The first-order chi connectivity index (χ1) is 9.99. The summed E-state index contributed by atoms with van der Waals surface area (Å²) in [6.07, 6.45) is 3.01. The lowest BCUT2D eigenvalue weighted by Gasteiger charge is -2.14. The van der Waals surface area contributed by atoms with E-state index in [1.165, 1.54) is 18.6 Å². The number of carbonyl (C=O) groups excluding carboxylic acids is 1. The molecule has 1 amide bonds. The van der Waals surface area contributed by atoms with Gasteiger partial charge in [0, 0.05) is 18.3 Å². The summed E-state index contributed by atoms with van der Waals surface area (Å²) in [4.78, 5) is 29.9. The topological polar surface area (TPSA) is 95.1 Å². The Morgan fingerprint density at radius 2 is 2.14 bits per heavy atom. The Labute approximate surface area is 130 Å². The summed E-state index contributed by atoms with van der Waals surface area (Å²) in [6.45, 7) is 0. The molecule has 1 heterocycles. The monoisotopic (exact) mass is 327 g/mol. The van der Waals surface area contributed by atoms with Crippen LogP contribution in [-0.2, 0) is 11.2 Å². The molecule has 1 aromatic carbocycles. The zero-order valence-electron chi connectivity index (χ0n) is 10.6. The van der Waals surface area contributed by atoms with Crippen molar-refractivity contribution in [2.24, 2.45) is 0 Å². The van der Waals surface area contributed by atoms with Crippen LogP contribution in [0.15, 0.2) is 30.7 Å². The normalized spacial score (nSPS) is 11.9. The molecule has 3 N–H and O–H groups in total. The standard InChI is InChI=1S/C13H11Cl2N3O3/c14-9-3-1-2-8(11(9)15)12(19)18-10(13(20)21)4-7-5-16-6-17-7/h1-3,5-6,10H,4H2,(H,16,17)(H,18,19)(H,20,21)/t10-/m1/s1. The second-order valence-electron chi connectivity index (χ2n) is 4.25. The average molecular weight is 328 g/mol. The Balaban J connectivity index is 2.15. The van der Waals surface area contributed by atoms with Crippen molar-refractivity contribution in [2.45, 2.75) is 12.5 Å². The molecule has 0 fully saturated rings. The summed E-state index contributed by atoms with van der Waals surface area (Å²) >= 11 is 11.8. The highest BCUT2D eigenvalue weighted by Gasteiger charge is 2.23. The van der Waals surface area contributed by atoms with Crippen molar-refractivity contribution in [3.05, 3.63) is 52.0 Å². The highest BCUT2D eigenvalue weighted by atomic mass is 35.5. The Kier molecular flexibility index (Phi) is 4.82. The molecular weight excluding hydrogens is 317 g/mol. The number of aliphatic carboxylic acids is 1. The summed E-state index contributed by atoms with van der Waals surface area (Å²) in [5, 5.41) is 11.9. The fourth-order valence-corrected chi connectivity index (χ4v) is 2.12. The molecule has 1 atom stereocenters. The van der Waals surface area contributed by atoms with E-state index >= 15 is 0 Å². The van der Waals surface area contributed by atoms with E-state index in [-0.39, 0.29) is 22.0 Å². The van der Waals surface area contributed by atoms with Crippen LogP contribution in [0.5, 0.6) is 0 Å². The number of carboxylic acid groups (broad SMARTS) is 1. The van der Waals surface area contributed by atoms with Crippen LogP contribution in [0.25, 0.3) is 0 Å². The van der Waals surface area contributed by atoms with Crippen molar-refractivity contribution >= 4 is 35.1 Å². The maximum absolute atomic E-state index is 12.1. The number of nitrogens with zero attached hydrogens (tertiary/aromatic N) is 1. The third-order valence-corrected chi connectivity index (χ3v) is 3.60. The van der Waals surface area contributed by atoms with Crippen molar-refractivity contribution in [2.75, 3.05) is 0 Å². The van der Waals surface area contributed by atoms with Gasteiger partial charge in [0.05, 0.1) is 21.9 Å². The molecule has 0 aliphatic heterocycles. The second-order valence-corrected chi connectivity index (χ2v) is 5.03. The van der Waals surface area contributed by atoms with Crippen LogP contribution in [0.2, 0.25) is 10.0 Å². The molecule has 0 bridgehead atoms. The largest absolute Gasteiger partial charge is 0.480 e. The van der Waals surface area contributed by atoms with Gasteiger partial charge in [-0.1, -0.05) is 29.3 Å². The van der Waals surface area contributed by atoms with Crippen LogP contribution in [0.4, 0.5) is 0 Å². The molecule has 0 aliphatic carbocycles. The predicted molar refractivity (Wildman–Crippen MR) is 77.6 cm³/mol. The summed E-state index contributed by atoms with van der Waals surface area (Å²) in [6, 6.07) is 3.47. The second kappa shape index (κ2) is 6.60. The molecule has 2 aromatic rings. The van der Waals surface area contributed by atoms with Crippen molar-refractivity contribution in [3.8, 4) is 0 Å². The van der Waals surface area contributed by atoms with Gasteiger partial charge in [-0.05, 0) is 12.1 Å². The zero-order chi connectivity index (χ0) is 15.4. The lowest BCUT2D eigenvalue weighted by Crippen LogP contribution is -2.42. The summed E-state index contributed by atoms with van der Waals surface area (Å²) in [5.41, 5.74) is 0.722. The van der Waals surface area contributed by atoms with E-state index in [0.29, 0.717) is 5.69 Å². The molecule has 6 nitrogen and oxygen atoms in total. The number of H-pyrrole nitrogens is 1. The van der Waals surface area contributed by atoms with E-state index in [4.69, 9.17) is 23.2 Å². The quantitative estimate of drug-likeness (QED) is 0.784. The van der Waals surface area contributed by atoms with Gasteiger partial charge in [0.25, 0.3) is 5.91 Å². The van der Waals surface area contributed by atoms with Crippen LogP contribution in [0.1, 0.15) is 16.1 Å². The number of halogens is 2. The molecule has 0 saturated carbocycles. The van der Waals surface area contributed by atoms with Crippen LogP contribution in [-0.4, -0.2) is 33.0 Å². The third-order valence-electron chi connectivity index (χ3n) is 2.78. The first-order valence-corrected chi connectivity index (χ1v) is 6.69. The molecular formula is C13H11Cl2N3O3. The van der Waals surface area contributed by atoms with Gasteiger partial charge in [-0.15, -0.1) is 0 Å². The Morgan fingerprint density at radius 1 is 1.38 bits per heavy atom. The number of hydrogen-bond donors (Lipinski definition) is 3. The summed E-state index contributed by atoms with van der Waals surface area (Å²) in [7, 11) is 0. The minimum atomic E-state index is -1.16. The number of rotatable bonds is 5. The number of amides is 1. The first-order valence-electron chi connectivity index (χ1n) is 5.94. The maximum Gasteiger partial charge on any atom is 0.326 e. The number of hydrogen-bond acceptors (Lipinski definition) is 3. The van der Waals surface area contributed by atoms with Gasteiger partial charge >= 0.3 is 5.97 Å². The maximum atomic E-state index is 12.1. The van der Waals surface area contributed by atoms with Gasteiger partial charge in [0.2, 0.25) is 0 Å². The number of imidazole rings is 1. The smallest absolute Gasteiger partial charge is 0.326 e. The first kappa shape index (κ1) is 15.3. The van der Waals surface area contributed by atoms with Gasteiger partial charge in [0.15, 0.2) is 0 Å². The van der Waals surface area contributed by atoms with E-state index in [1.54, 1.807) is 12.1 Å². The molecule has 0 aliphatic rings. The van der Waals surface area contributed by atoms with Crippen LogP contribution < -0.4 is 5.32 Å². The molecule has 110 valence electrons. The van der Waals surface area contributed by atoms with Gasteiger partial charge in [-0.2, -0.15) is 0 Å². The minimum absolute atomic E-state index is 0.0826. The number of carboxylic acids is 1. The Morgan fingerprint density at radius 3 is 2.76 bits per heavy atom. The summed E-state index contributed by atoms with van der Waals surface area (Å²) in [5.74, 6) is -1.76. The lowest BCUT2D eigenvalue weighted by molar-refractivity contribution is -0.139. The van der Waals surface area contributed by atoms with Crippen LogP contribution in [0, 0.1) is 0 Å². The molecule has 8 heteroatoms.